The van der Waals surface area contributed by atoms with Crippen LogP contribution in [0.1, 0.15) is 52.9 Å². The van der Waals surface area contributed by atoms with E-state index in [2.05, 4.69) is 30.3 Å². The van der Waals surface area contributed by atoms with Crippen LogP contribution >= 0.6 is 0 Å². The molecule has 1 aromatic rings. The maximum Gasteiger partial charge on any atom is 0.508 e. The molecule has 5 nitrogen and oxygen atoms in total. The molecule has 0 radical (unpaired) electrons. The van der Waals surface area contributed by atoms with Crippen molar-refractivity contribution in [3.63, 3.8) is 0 Å². The van der Waals surface area contributed by atoms with Gasteiger partial charge < -0.3 is 9.47 Å². The number of rotatable bonds is 9. The summed E-state index contributed by atoms with van der Waals surface area (Å²) in [5, 5.41) is 0. The molecule has 120 valence electrons. The van der Waals surface area contributed by atoms with Gasteiger partial charge >= 0.3 is 6.16 Å². The number of carbonyl (C=O) groups excluding carboxylic acids is 1. The van der Waals surface area contributed by atoms with E-state index in [1.165, 1.54) is 0 Å². The fourth-order valence-corrected chi connectivity index (χ4v) is 1.97. The van der Waals surface area contributed by atoms with Crippen molar-refractivity contribution in [2.24, 2.45) is 5.41 Å². The molecule has 0 aromatic carbocycles. The van der Waals surface area contributed by atoms with Crippen molar-refractivity contribution in [3.8, 4) is 0 Å². The fourth-order valence-electron chi connectivity index (χ4n) is 1.97. The first-order valence-electron chi connectivity index (χ1n) is 7.79. The van der Waals surface area contributed by atoms with Gasteiger partial charge in [0.05, 0.1) is 19.8 Å². The summed E-state index contributed by atoms with van der Waals surface area (Å²) in [5.41, 5.74) is 0.345. The fraction of sp³-hybridized carbons (Fsp3) is 0.750. The first kappa shape index (κ1) is 17.5. The van der Waals surface area contributed by atoms with Gasteiger partial charge in [-0.05, 0) is 37.5 Å². The van der Waals surface area contributed by atoms with Gasteiger partial charge in [0.2, 0.25) is 6.33 Å². The number of aromatic amines is 1. The average molecular weight is 297 g/mol. The van der Waals surface area contributed by atoms with Crippen LogP contribution < -0.4 is 4.57 Å². The van der Waals surface area contributed by atoms with Crippen LogP contribution in [0.5, 0.6) is 0 Å². The molecule has 0 spiro atoms. The molecular formula is C16H29N2O3+. The first-order valence-corrected chi connectivity index (χ1v) is 7.79. The van der Waals surface area contributed by atoms with Crippen molar-refractivity contribution >= 4 is 6.16 Å². The van der Waals surface area contributed by atoms with Gasteiger partial charge in [-0.15, -0.1) is 0 Å². The number of imidazole rings is 1. The van der Waals surface area contributed by atoms with Gasteiger partial charge in [0.1, 0.15) is 12.4 Å². The van der Waals surface area contributed by atoms with Gasteiger partial charge in [-0.3, -0.25) is 4.98 Å². The maximum absolute atomic E-state index is 11.3. The molecule has 1 aromatic heterocycles. The predicted molar refractivity (Wildman–Crippen MR) is 80.8 cm³/mol. The number of hydrogen-bond acceptors (Lipinski definition) is 3. The van der Waals surface area contributed by atoms with E-state index in [1.807, 2.05) is 18.7 Å². The second-order valence-electron chi connectivity index (χ2n) is 6.52. The van der Waals surface area contributed by atoms with Crippen molar-refractivity contribution in [2.75, 3.05) is 13.2 Å². The molecule has 21 heavy (non-hydrogen) atoms. The van der Waals surface area contributed by atoms with Crippen LogP contribution in [0.4, 0.5) is 4.79 Å². The number of unbranched alkanes of at least 4 members (excludes halogenated alkanes) is 2. The summed E-state index contributed by atoms with van der Waals surface area (Å²) >= 11 is 0. The highest BCUT2D eigenvalue weighted by molar-refractivity contribution is 5.59. The second-order valence-corrected chi connectivity index (χ2v) is 6.52. The Morgan fingerprint density at radius 3 is 2.33 bits per heavy atom. The van der Waals surface area contributed by atoms with Gasteiger partial charge in [-0.1, -0.05) is 20.8 Å². The highest BCUT2D eigenvalue weighted by Crippen LogP contribution is 2.21. The zero-order chi connectivity index (χ0) is 15.6. The molecule has 0 saturated carbocycles. The number of nitrogens with zero attached hydrogens (tertiary/aromatic N) is 1. The van der Waals surface area contributed by atoms with E-state index in [1.54, 1.807) is 0 Å². The summed E-state index contributed by atoms with van der Waals surface area (Å²) in [6.45, 7) is 8.45. The van der Waals surface area contributed by atoms with E-state index in [9.17, 15) is 4.79 Å². The number of H-pyrrole nitrogens is 1. The van der Waals surface area contributed by atoms with Gasteiger partial charge in [0.15, 0.2) is 0 Å². The number of aryl methyl sites for hydroxylation is 1. The lowest BCUT2D eigenvalue weighted by Gasteiger charge is -2.17. The van der Waals surface area contributed by atoms with Crippen LogP contribution in [-0.2, 0) is 16.0 Å². The second kappa shape index (κ2) is 9.42. The van der Waals surface area contributed by atoms with Crippen molar-refractivity contribution in [2.45, 2.75) is 59.4 Å². The Labute approximate surface area is 127 Å². The molecule has 0 atom stereocenters. The Bertz CT molecular complexity index is 383. The average Bonchev–Trinajstić information content (AvgIpc) is 2.89. The van der Waals surface area contributed by atoms with Gasteiger partial charge in [0.25, 0.3) is 0 Å². The van der Waals surface area contributed by atoms with Crippen molar-refractivity contribution in [1.82, 2.24) is 4.98 Å². The number of hydrogen-bond donors (Lipinski definition) is 1. The molecule has 1 rings (SSSR count). The summed E-state index contributed by atoms with van der Waals surface area (Å²) in [4.78, 5) is 14.3. The molecule has 0 unspecified atom stereocenters. The third-order valence-electron chi connectivity index (χ3n) is 3.17. The molecule has 1 heterocycles. The van der Waals surface area contributed by atoms with E-state index in [0.717, 1.165) is 38.6 Å². The zero-order valence-corrected chi connectivity index (χ0v) is 13.6. The Hall–Kier alpha value is -1.52. The lowest BCUT2D eigenvalue weighted by atomic mass is 9.90. The number of carbonyl (C=O) groups is 1. The molecular weight excluding hydrogens is 268 g/mol. The molecule has 0 saturated heterocycles. The van der Waals surface area contributed by atoms with Crippen LogP contribution in [0, 0.1) is 5.41 Å². The van der Waals surface area contributed by atoms with Crippen LogP contribution in [0.3, 0.4) is 0 Å². The van der Waals surface area contributed by atoms with Crippen LogP contribution in [0.15, 0.2) is 18.7 Å². The monoisotopic (exact) mass is 297 g/mol. The van der Waals surface area contributed by atoms with Crippen molar-refractivity contribution in [3.05, 3.63) is 18.7 Å². The zero-order valence-electron chi connectivity index (χ0n) is 13.6. The quantitative estimate of drug-likeness (QED) is 0.431. The Morgan fingerprint density at radius 1 is 1.10 bits per heavy atom. The highest BCUT2D eigenvalue weighted by atomic mass is 16.7. The minimum absolute atomic E-state index is 0.345. The molecule has 5 heteroatoms. The van der Waals surface area contributed by atoms with Gasteiger partial charge in [-0.2, -0.15) is 0 Å². The molecule has 0 amide bonds. The van der Waals surface area contributed by atoms with Crippen LogP contribution in [0.2, 0.25) is 0 Å². The smallest absolute Gasteiger partial charge is 0.434 e. The number of aromatic nitrogens is 2. The predicted octanol–water partition coefficient (Wildman–Crippen LogP) is 3.45. The largest absolute Gasteiger partial charge is 0.508 e. The molecule has 0 aliphatic heterocycles. The number of ether oxygens (including phenoxy) is 2. The normalized spacial score (nSPS) is 11.4. The summed E-state index contributed by atoms with van der Waals surface area (Å²) in [6.07, 6.45) is 10.2. The maximum atomic E-state index is 11.3. The lowest BCUT2D eigenvalue weighted by Crippen LogP contribution is -2.30. The Morgan fingerprint density at radius 2 is 1.76 bits per heavy atom. The SMILES string of the molecule is CC(C)(C)CCCCOC(=O)OCCCC[n+]1cc[nH]c1. The van der Waals surface area contributed by atoms with Crippen LogP contribution in [0.25, 0.3) is 0 Å². The molecule has 0 aliphatic carbocycles. The summed E-state index contributed by atoms with van der Waals surface area (Å²) in [5.74, 6) is 0. The first-order chi connectivity index (χ1) is 9.97. The summed E-state index contributed by atoms with van der Waals surface area (Å²) in [6, 6.07) is 0. The van der Waals surface area contributed by atoms with Gasteiger partial charge in [-0.25, -0.2) is 9.36 Å². The minimum atomic E-state index is -0.542. The minimum Gasteiger partial charge on any atom is -0.434 e. The van der Waals surface area contributed by atoms with E-state index >= 15 is 0 Å². The highest BCUT2D eigenvalue weighted by Gasteiger charge is 2.09. The molecule has 0 fully saturated rings. The molecule has 0 aliphatic rings. The summed E-state index contributed by atoms with van der Waals surface area (Å²) in [7, 11) is 0. The molecule has 1 N–H and O–H groups in total. The Balaban J connectivity index is 1.89. The van der Waals surface area contributed by atoms with E-state index in [-0.39, 0.29) is 0 Å². The lowest BCUT2D eigenvalue weighted by molar-refractivity contribution is -0.696. The summed E-state index contributed by atoms with van der Waals surface area (Å²) < 4.78 is 12.1. The third kappa shape index (κ3) is 9.93. The van der Waals surface area contributed by atoms with E-state index < -0.39 is 6.16 Å². The van der Waals surface area contributed by atoms with E-state index in [4.69, 9.17) is 9.47 Å². The van der Waals surface area contributed by atoms with E-state index in [0.29, 0.717) is 18.6 Å². The van der Waals surface area contributed by atoms with Crippen molar-refractivity contribution < 1.29 is 18.8 Å². The standard InChI is InChI=1S/C16H28N2O3/c1-16(2,3)8-4-6-12-20-15(19)21-13-7-5-10-18-11-9-17-14-18/h9,11,14H,4-8,10,12-13H2,1-3H3/p+1. The Kier molecular flexibility index (Phi) is 7.87. The van der Waals surface area contributed by atoms with Crippen molar-refractivity contribution in [1.29, 1.82) is 0 Å². The number of nitrogens with one attached hydrogen (secondary N) is 1. The third-order valence-corrected chi connectivity index (χ3v) is 3.17. The van der Waals surface area contributed by atoms with Gasteiger partial charge in [0, 0.05) is 0 Å². The van der Waals surface area contributed by atoms with Crippen LogP contribution in [-0.4, -0.2) is 24.4 Å². The topological polar surface area (TPSA) is 55.2 Å². The molecule has 0 bridgehead atoms.